The van der Waals surface area contributed by atoms with Crippen molar-refractivity contribution in [2.24, 2.45) is 0 Å². The summed E-state index contributed by atoms with van der Waals surface area (Å²) in [6, 6.07) is 9.73. The second-order valence-electron chi connectivity index (χ2n) is 6.11. The van der Waals surface area contributed by atoms with E-state index in [-0.39, 0.29) is 17.3 Å². The summed E-state index contributed by atoms with van der Waals surface area (Å²) in [4.78, 5) is 12.8. The third-order valence-corrected chi connectivity index (χ3v) is 7.27. The molecule has 7 nitrogen and oxygen atoms in total. The molecule has 0 bridgehead atoms. The molecule has 0 aliphatic carbocycles. The molecule has 0 aliphatic heterocycles. The van der Waals surface area contributed by atoms with Crippen molar-refractivity contribution in [3.05, 3.63) is 52.0 Å². The number of sulfonamides is 1. The summed E-state index contributed by atoms with van der Waals surface area (Å²) < 4.78 is 37.6. The molecule has 0 spiro atoms. The maximum atomic E-state index is 12.5. The first-order chi connectivity index (χ1) is 13.8. The number of nitrogens with zero attached hydrogens (tertiary/aromatic N) is 1. The fourth-order valence-corrected chi connectivity index (χ4v) is 4.79. The summed E-state index contributed by atoms with van der Waals surface area (Å²) in [6.07, 6.45) is 0. The number of nitrogens with one attached hydrogen (secondary N) is 1. The molecule has 0 saturated heterocycles. The van der Waals surface area contributed by atoms with Gasteiger partial charge in [-0.1, -0.05) is 26.0 Å². The van der Waals surface area contributed by atoms with Gasteiger partial charge in [-0.3, -0.25) is 4.79 Å². The zero-order valence-electron chi connectivity index (χ0n) is 16.9. The number of benzene rings is 2. The molecule has 0 saturated carbocycles. The molecule has 1 amide bonds. The Morgan fingerprint density at radius 3 is 2.00 bits per heavy atom. The maximum Gasteiger partial charge on any atom is 0.251 e. The molecule has 2 aromatic rings. The first-order valence-corrected chi connectivity index (χ1v) is 11.3. The highest BCUT2D eigenvalue weighted by molar-refractivity contribution is 9.10. The van der Waals surface area contributed by atoms with Crippen molar-refractivity contribution < 1.29 is 22.7 Å². The number of carbonyl (C=O) groups is 1. The van der Waals surface area contributed by atoms with Gasteiger partial charge in [-0.15, -0.1) is 0 Å². The van der Waals surface area contributed by atoms with E-state index in [0.717, 1.165) is 5.56 Å². The Hall–Kier alpha value is -2.10. The van der Waals surface area contributed by atoms with E-state index in [2.05, 4.69) is 21.2 Å². The number of hydrogen-bond acceptors (Lipinski definition) is 5. The molecular formula is C20H25BrN2O5S. The average molecular weight is 485 g/mol. The number of ether oxygens (including phenoxy) is 2. The summed E-state index contributed by atoms with van der Waals surface area (Å²) >= 11 is 3.37. The average Bonchev–Trinajstić information content (AvgIpc) is 2.73. The van der Waals surface area contributed by atoms with Crippen LogP contribution in [0, 0.1) is 0 Å². The molecule has 2 aromatic carbocycles. The lowest BCUT2D eigenvalue weighted by Crippen LogP contribution is -2.30. The smallest absolute Gasteiger partial charge is 0.251 e. The molecule has 0 unspecified atom stereocenters. The summed E-state index contributed by atoms with van der Waals surface area (Å²) in [7, 11) is -0.480. The van der Waals surface area contributed by atoms with Crippen LogP contribution in [0.25, 0.3) is 0 Å². The van der Waals surface area contributed by atoms with Gasteiger partial charge in [0.05, 0.1) is 19.1 Å². The summed E-state index contributed by atoms with van der Waals surface area (Å²) in [6.45, 7) is 4.69. The highest BCUT2D eigenvalue weighted by Gasteiger charge is 2.21. The minimum absolute atomic E-state index is 0.235. The number of methoxy groups -OCH3 is 2. The standard InChI is InChI=1S/C20H25BrN2O5S/c1-5-23(6-2)29(25,26)16-9-7-14(8-10-16)13-22-20(24)15-11-17(27-3)19(21)18(12-15)28-4/h7-12H,5-6,13H2,1-4H3,(H,22,24). The van der Waals surface area contributed by atoms with Crippen molar-refractivity contribution in [2.45, 2.75) is 25.3 Å². The van der Waals surface area contributed by atoms with E-state index in [1.165, 1.54) is 18.5 Å². The Bertz CT molecular complexity index is 932. The topological polar surface area (TPSA) is 84.9 Å². The first-order valence-electron chi connectivity index (χ1n) is 9.07. The quantitative estimate of drug-likeness (QED) is 0.589. The van der Waals surface area contributed by atoms with Gasteiger partial charge in [0.1, 0.15) is 16.0 Å². The predicted octanol–water partition coefficient (Wildman–Crippen LogP) is 3.43. The minimum atomic E-state index is -3.50. The lowest BCUT2D eigenvalue weighted by molar-refractivity contribution is 0.0950. The van der Waals surface area contributed by atoms with Gasteiger partial charge in [0.2, 0.25) is 10.0 Å². The Balaban J connectivity index is 2.12. The number of rotatable bonds is 9. The summed E-state index contributed by atoms with van der Waals surface area (Å²) in [5, 5.41) is 2.82. The lowest BCUT2D eigenvalue weighted by Gasteiger charge is -2.18. The second-order valence-corrected chi connectivity index (χ2v) is 8.84. The van der Waals surface area contributed by atoms with Crippen molar-refractivity contribution in [2.75, 3.05) is 27.3 Å². The number of hydrogen-bond donors (Lipinski definition) is 1. The summed E-state index contributed by atoms with van der Waals surface area (Å²) in [5.41, 5.74) is 1.18. The molecule has 1 N–H and O–H groups in total. The summed E-state index contributed by atoms with van der Waals surface area (Å²) in [5.74, 6) is 0.676. The first kappa shape index (κ1) is 23.2. The van der Waals surface area contributed by atoms with Crippen molar-refractivity contribution in [3.63, 3.8) is 0 Å². The van der Waals surface area contributed by atoms with E-state index in [1.54, 1.807) is 50.2 Å². The van der Waals surface area contributed by atoms with Crippen LogP contribution in [-0.4, -0.2) is 45.9 Å². The zero-order chi connectivity index (χ0) is 21.6. The minimum Gasteiger partial charge on any atom is -0.495 e. The lowest BCUT2D eigenvalue weighted by atomic mass is 10.1. The monoisotopic (exact) mass is 484 g/mol. The molecule has 2 rings (SSSR count). The van der Waals surface area contributed by atoms with Gasteiger partial charge in [0, 0.05) is 25.2 Å². The molecule has 0 atom stereocenters. The molecule has 158 valence electrons. The van der Waals surface area contributed by atoms with Gasteiger partial charge in [-0.25, -0.2) is 8.42 Å². The predicted molar refractivity (Wildman–Crippen MR) is 115 cm³/mol. The SMILES string of the molecule is CCN(CC)S(=O)(=O)c1ccc(CNC(=O)c2cc(OC)c(Br)c(OC)c2)cc1. The van der Waals surface area contributed by atoms with E-state index in [1.807, 2.05) is 0 Å². The van der Waals surface area contributed by atoms with Gasteiger partial charge in [-0.05, 0) is 45.8 Å². The fraction of sp³-hybridized carbons (Fsp3) is 0.350. The number of carbonyl (C=O) groups excluding carboxylic acids is 1. The largest absolute Gasteiger partial charge is 0.495 e. The second kappa shape index (κ2) is 10.1. The Labute approximate surface area is 180 Å². The third-order valence-electron chi connectivity index (χ3n) is 4.43. The highest BCUT2D eigenvalue weighted by Crippen LogP contribution is 2.35. The molecular weight excluding hydrogens is 460 g/mol. The van der Waals surface area contributed by atoms with E-state index in [4.69, 9.17) is 9.47 Å². The van der Waals surface area contributed by atoms with Crippen LogP contribution in [0.4, 0.5) is 0 Å². The maximum absolute atomic E-state index is 12.5. The van der Waals surface area contributed by atoms with Crippen molar-refractivity contribution >= 4 is 31.9 Å². The van der Waals surface area contributed by atoms with Crippen LogP contribution in [0.15, 0.2) is 45.8 Å². The zero-order valence-corrected chi connectivity index (χ0v) is 19.3. The third kappa shape index (κ3) is 5.29. The van der Waals surface area contributed by atoms with Gasteiger partial charge >= 0.3 is 0 Å². The van der Waals surface area contributed by atoms with Crippen LogP contribution in [0.5, 0.6) is 11.5 Å². The molecule has 0 radical (unpaired) electrons. The van der Waals surface area contributed by atoms with E-state index in [9.17, 15) is 13.2 Å². The van der Waals surface area contributed by atoms with Crippen LogP contribution in [0.3, 0.4) is 0 Å². The van der Waals surface area contributed by atoms with Crippen LogP contribution in [-0.2, 0) is 16.6 Å². The Kier molecular flexibility index (Phi) is 8.06. The number of halogens is 1. The van der Waals surface area contributed by atoms with Gasteiger partial charge < -0.3 is 14.8 Å². The normalized spacial score (nSPS) is 11.4. The van der Waals surface area contributed by atoms with E-state index < -0.39 is 10.0 Å². The molecule has 9 heteroatoms. The van der Waals surface area contributed by atoms with Crippen molar-refractivity contribution in [1.82, 2.24) is 9.62 Å². The molecule has 0 heterocycles. The van der Waals surface area contributed by atoms with E-state index >= 15 is 0 Å². The van der Waals surface area contributed by atoms with Gasteiger partial charge in [0.25, 0.3) is 5.91 Å². The van der Waals surface area contributed by atoms with Crippen LogP contribution >= 0.6 is 15.9 Å². The Morgan fingerprint density at radius 2 is 1.55 bits per heavy atom. The molecule has 29 heavy (non-hydrogen) atoms. The fourth-order valence-electron chi connectivity index (χ4n) is 2.78. The van der Waals surface area contributed by atoms with Crippen LogP contribution in [0.2, 0.25) is 0 Å². The van der Waals surface area contributed by atoms with Crippen LogP contribution in [0.1, 0.15) is 29.8 Å². The van der Waals surface area contributed by atoms with Crippen molar-refractivity contribution in [3.8, 4) is 11.5 Å². The van der Waals surface area contributed by atoms with E-state index in [0.29, 0.717) is 34.6 Å². The van der Waals surface area contributed by atoms with Crippen molar-refractivity contribution in [1.29, 1.82) is 0 Å². The number of amides is 1. The van der Waals surface area contributed by atoms with Gasteiger partial charge in [0.15, 0.2) is 0 Å². The Morgan fingerprint density at radius 1 is 1.03 bits per heavy atom. The molecule has 0 fully saturated rings. The highest BCUT2D eigenvalue weighted by atomic mass is 79.9. The van der Waals surface area contributed by atoms with Crippen LogP contribution < -0.4 is 14.8 Å². The molecule has 0 aromatic heterocycles. The molecule has 0 aliphatic rings. The van der Waals surface area contributed by atoms with Gasteiger partial charge in [-0.2, -0.15) is 4.31 Å².